The van der Waals surface area contributed by atoms with Gasteiger partial charge >= 0.3 is 0 Å². The van der Waals surface area contributed by atoms with E-state index < -0.39 is 0 Å². The molecule has 3 heterocycles. The van der Waals surface area contributed by atoms with Gasteiger partial charge in [0.25, 0.3) is 0 Å². The summed E-state index contributed by atoms with van der Waals surface area (Å²) in [7, 11) is 0. The van der Waals surface area contributed by atoms with Crippen molar-refractivity contribution in [1.82, 2.24) is 15.0 Å². The fraction of sp³-hybridized carbons (Fsp3) is 0.800. The van der Waals surface area contributed by atoms with Crippen molar-refractivity contribution < 1.29 is 18.8 Å². The van der Waals surface area contributed by atoms with Crippen LogP contribution in [0.5, 0.6) is 0 Å². The summed E-state index contributed by atoms with van der Waals surface area (Å²) in [4.78, 5) is 18.4. The van der Waals surface area contributed by atoms with Crippen LogP contribution in [-0.4, -0.2) is 60.0 Å². The van der Waals surface area contributed by atoms with E-state index in [1.165, 1.54) is 0 Å². The monoisotopic (exact) mass is 309 g/mol. The third kappa shape index (κ3) is 3.84. The number of hydrogen-bond donors (Lipinski definition) is 0. The molecule has 1 aromatic heterocycles. The molecule has 22 heavy (non-hydrogen) atoms. The summed E-state index contributed by atoms with van der Waals surface area (Å²) >= 11 is 0. The molecule has 0 N–H and O–H groups in total. The number of carbonyl (C=O) groups excluding carboxylic acids is 1. The minimum atomic E-state index is 0.0305. The molecule has 1 amide bonds. The first-order valence-corrected chi connectivity index (χ1v) is 7.99. The van der Waals surface area contributed by atoms with Gasteiger partial charge in [-0.3, -0.25) is 4.79 Å². The SMILES string of the molecule is Cc1nc([C@H]2CCCN(C(=O)COC[C@@H]3CCCO3)C2)no1. The van der Waals surface area contributed by atoms with Crippen molar-refractivity contribution in [3.8, 4) is 0 Å². The van der Waals surface area contributed by atoms with E-state index in [0.717, 1.165) is 38.8 Å². The van der Waals surface area contributed by atoms with Crippen LogP contribution in [-0.2, 0) is 14.3 Å². The predicted molar refractivity (Wildman–Crippen MR) is 77.4 cm³/mol. The average Bonchev–Trinajstić information content (AvgIpc) is 3.19. The summed E-state index contributed by atoms with van der Waals surface area (Å²) in [5, 5.41) is 3.98. The Bertz CT molecular complexity index is 499. The molecular weight excluding hydrogens is 286 g/mol. The van der Waals surface area contributed by atoms with Crippen molar-refractivity contribution in [2.75, 3.05) is 32.9 Å². The van der Waals surface area contributed by atoms with Gasteiger partial charge in [-0.05, 0) is 25.7 Å². The maximum atomic E-state index is 12.2. The number of aryl methyl sites for hydroxylation is 1. The minimum absolute atomic E-state index is 0.0305. The first-order chi connectivity index (χ1) is 10.7. The maximum absolute atomic E-state index is 12.2. The molecule has 0 spiro atoms. The van der Waals surface area contributed by atoms with E-state index in [1.807, 2.05) is 4.90 Å². The molecule has 0 bridgehead atoms. The number of hydrogen-bond acceptors (Lipinski definition) is 6. The van der Waals surface area contributed by atoms with E-state index in [1.54, 1.807) is 6.92 Å². The smallest absolute Gasteiger partial charge is 0.248 e. The van der Waals surface area contributed by atoms with Crippen molar-refractivity contribution in [1.29, 1.82) is 0 Å². The number of likely N-dealkylation sites (tertiary alicyclic amines) is 1. The van der Waals surface area contributed by atoms with Gasteiger partial charge in [-0.2, -0.15) is 4.98 Å². The lowest BCUT2D eigenvalue weighted by molar-refractivity contribution is -0.138. The average molecular weight is 309 g/mol. The van der Waals surface area contributed by atoms with Crippen LogP contribution in [0, 0.1) is 6.92 Å². The molecule has 0 saturated carbocycles. The van der Waals surface area contributed by atoms with Gasteiger partial charge in [0, 0.05) is 32.5 Å². The molecule has 2 fully saturated rings. The lowest BCUT2D eigenvalue weighted by Crippen LogP contribution is -2.41. The molecular formula is C15H23N3O4. The molecule has 122 valence electrons. The van der Waals surface area contributed by atoms with Crippen LogP contribution in [0.1, 0.15) is 43.3 Å². The molecule has 0 unspecified atom stereocenters. The van der Waals surface area contributed by atoms with Gasteiger partial charge in [-0.25, -0.2) is 0 Å². The van der Waals surface area contributed by atoms with Crippen LogP contribution in [0.25, 0.3) is 0 Å². The second kappa shape index (κ2) is 7.19. The van der Waals surface area contributed by atoms with Gasteiger partial charge in [-0.15, -0.1) is 0 Å². The number of ether oxygens (including phenoxy) is 2. The second-order valence-electron chi connectivity index (χ2n) is 6.00. The molecule has 2 aliphatic rings. The molecule has 7 heteroatoms. The Hall–Kier alpha value is -1.47. The van der Waals surface area contributed by atoms with E-state index in [-0.39, 0.29) is 24.5 Å². The zero-order chi connectivity index (χ0) is 15.4. The largest absolute Gasteiger partial charge is 0.376 e. The molecule has 0 aliphatic carbocycles. The number of amides is 1. The van der Waals surface area contributed by atoms with Gasteiger partial charge in [0.2, 0.25) is 11.8 Å². The summed E-state index contributed by atoms with van der Waals surface area (Å²) in [6, 6.07) is 0. The lowest BCUT2D eigenvalue weighted by Gasteiger charge is -2.31. The van der Waals surface area contributed by atoms with Crippen molar-refractivity contribution in [3.63, 3.8) is 0 Å². The zero-order valence-electron chi connectivity index (χ0n) is 13.0. The van der Waals surface area contributed by atoms with E-state index in [4.69, 9.17) is 14.0 Å². The summed E-state index contributed by atoms with van der Waals surface area (Å²) in [5.41, 5.74) is 0. The normalized spacial score (nSPS) is 25.6. The molecule has 2 saturated heterocycles. The van der Waals surface area contributed by atoms with Gasteiger partial charge in [-0.1, -0.05) is 5.16 Å². The van der Waals surface area contributed by atoms with E-state index >= 15 is 0 Å². The summed E-state index contributed by atoms with van der Waals surface area (Å²) in [6.45, 7) is 4.63. The highest BCUT2D eigenvalue weighted by Gasteiger charge is 2.28. The predicted octanol–water partition coefficient (Wildman–Crippen LogP) is 1.28. The molecule has 2 atom stereocenters. The van der Waals surface area contributed by atoms with E-state index in [2.05, 4.69) is 10.1 Å². The van der Waals surface area contributed by atoms with Gasteiger partial charge in [0.05, 0.1) is 12.7 Å². The lowest BCUT2D eigenvalue weighted by atomic mass is 9.97. The molecule has 2 aliphatic heterocycles. The Morgan fingerprint density at radius 3 is 3.05 bits per heavy atom. The van der Waals surface area contributed by atoms with E-state index in [9.17, 15) is 4.79 Å². The van der Waals surface area contributed by atoms with Crippen LogP contribution in [0.3, 0.4) is 0 Å². The van der Waals surface area contributed by atoms with Crippen LogP contribution >= 0.6 is 0 Å². The Morgan fingerprint density at radius 2 is 2.32 bits per heavy atom. The van der Waals surface area contributed by atoms with Crippen LogP contribution < -0.4 is 0 Å². The standard InChI is InChI=1S/C15H23N3O4/c1-11-16-15(17-22-11)12-4-2-6-18(8-12)14(19)10-20-9-13-5-3-7-21-13/h12-13H,2-10H2,1H3/t12-,13-/m0/s1. The molecule has 0 aromatic carbocycles. The number of carbonyl (C=O) groups is 1. The quantitative estimate of drug-likeness (QED) is 0.815. The minimum Gasteiger partial charge on any atom is -0.376 e. The molecule has 1 aromatic rings. The fourth-order valence-corrected chi connectivity index (χ4v) is 3.04. The zero-order valence-corrected chi connectivity index (χ0v) is 13.0. The van der Waals surface area contributed by atoms with Crippen molar-refractivity contribution in [2.45, 2.75) is 44.6 Å². The highest BCUT2D eigenvalue weighted by atomic mass is 16.5. The van der Waals surface area contributed by atoms with Gasteiger partial charge in [0.15, 0.2) is 5.82 Å². The summed E-state index contributed by atoms with van der Waals surface area (Å²) < 4.78 is 16.0. The fourth-order valence-electron chi connectivity index (χ4n) is 3.04. The van der Waals surface area contributed by atoms with E-state index in [0.29, 0.717) is 24.9 Å². The highest BCUT2D eigenvalue weighted by Crippen LogP contribution is 2.24. The van der Waals surface area contributed by atoms with Crippen LogP contribution in [0.2, 0.25) is 0 Å². The molecule has 7 nitrogen and oxygen atoms in total. The number of rotatable bonds is 5. The van der Waals surface area contributed by atoms with Crippen LogP contribution in [0.15, 0.2) is 4.52 Å². The Kier molecular flexibility index (Phi) is 5.04. The Labute approximate surface area is 129 Å². The molecule has 3 rings (SSSR count). The third-order valence-electron chi connectivity index (χ3n) is 4.24. The van der Waals surface area contributed by atoms with Crippen molar-refractivity contribution >= 4 is 5.91 Å². The number of aromatic nitrogens is 2. The van der Waals surface area contributed by atoms with Crippen molar-refractivity contribution in [3.05, 3.63) is 11.7 Å². The Morgan fingerprint density at radius 1 is 1.41 bits per heavy atom. The Balaban J connectivity index is 1.45. The summed E-state index contributed by atoms with van der Waals surface area (Å²) in [6.07, 6.45) is 4.20. The first kappa shape index (κ1) is 15.4. The summed E-state index contributed by atoms with van der Waals surface area (Å²) in [5.74, 6) is 1.46. The first-order valence-electron chi connectivity index (χ1n) is 7.99. The van der Waals surface area contributed by atoms with Crippen molar-refractivity contribution in [2.24, 2.45) is 0 Å². The van der Waals surface area contributed by atoms with Gasteiger partial charge in [0.1, 0.15) is 6.61 Å². The van der Waals surface area contributed by atoms with Crippen LogP contribution in [0.4, 0.5) is 0 Å². The topological polar surface area (TPSA) is 77.7 Å². The number of piperidine rings is 1. The third-order valence-corrected chi connectivity index (χ3v) is 4.24. The highest BCUT2D eigenvalue weighted by molar-refractivity contribution is 5.77. The maximum Gasteiger partial charge on any atom is 0.248 e. The van der Waals surface area contributed by atoms with Gasteiger partial charge < -0.3 is 18.9 Å². The second-order valence-corrected chi connectivity index (χ2v) is 6.00. The number of nitrogens with zero attached hydrogens (tertiary/aromatic N) is 3. The molecule has 0 radical (unpaired) electrons.